The second-order valence-corrected chi connectivity index (χ2v) is 4.82. The third kappa shape index (κ3) is 2.13. The Kier molecular flexibility index (Phi) is 3.68. The fourth-order valence-corrected chi connectivity index (χ4v) is 2.77. The van der Waals surface area contributed by atoms with Gasteiger partial charge in [0.1, 0.15) is 0 Å². The Balaban J connectivity index is 2.28. The van der Waals surface area contributed by atoms with Crippen molar-refractivity contribution in [3.05, 3.63) is 33.1 Å². The van der Waals surface area contributed by atoms with E-state index in [1.165, 1.54) is 16.8 Å². The molecular weight excluding hydrogens is 236 g/mol. The highest BCUT2D eigenvalue weighted by atomic mass is 16.3. The van der Waals surface area contributed by atoms with Crippen molar-refractivity contribution in [2.24, 2.45) is 11.8 Å². The molecule has 0 radical (unpaired) electrons. The van der Waals surface area contributed by atoms with Crippen molar-refractivity contribution in [2.75, 3.05) is 6.61 Å². The number of nitrogens with zero attached hydrogens (tertiary/aromatic N) is 1. The fourth-order valence-electron chi connectivity index (χ4n) is 2.77. The molecule has 0 amide bonds. The normalized spacial score (nSPS) is 28.7. The highest BCUT2D eigenvalue weighted by Gasteiger charge is 2.45. The molecule has 4 unspecified atom stereocenters. The first-order valence-corrected chi connectivity index (χ1v) is 6.18. The largest absolute Gasteiger partial charge is 0.396 e. The van der Waals surface area contributed by atoms with E-state index < -0.39 is 17.4 Å². The van der Waals surface area contributed by atoms with E-state index in [1.807, 2.05) is 6.92 Å². The van der Waals surface area contributed by atoms with Crippen LogP contribution in [0.2, 0.25) is 0 Å². The van der Waals surface area contributed by atoms with Crippen molar-refractivity contribution in [1.82, 2.24) is 9.55 Å². The predicted octanol–water partition coefficient (Wildman–Crippen LogP) is -0.523. The first-order valence-electron chi connectivity index (χ1n) is 6.18. The Morgan fingerprint density at radius 1 is 1.56 bits per heavy atom. The van der Waals surface area contributed by atoms with Gasteiger partial charge in [-0.2, -0.15) is 0 Å². The lowest BCUT2D eigenvalue weighted by atomic mass is 9.66. The summed E-state index contributed by atoms with van der Waals surface area (Å²) in [7, 11) is 0. The number of aromatic nitrogens is 2. The third-order valence-electron chi connectivity index (χ3n) is 3.84. The molecule has 1 fully saturated rings. The first kappa shape index (κ1) is 13.0. The minimum Gasteiger partial charge on any atom is -0.396 e. The van der Waals surface area contributed by atoms with Crippen LogP contribution in [0.4, 0.5) is 0 Å². The van der Waals surface area contributed by atoms with Crippen LogP contribution in [0.15, 0.2) is 21.9 Å². The van der Waals surface area contributed by atoms with Gasteiger partial charge in [-0.1, -0.05) is 6.92 Å². The van der Waals surface area contributed by atoms with E-state index in [0.717, 1.165) is 0 Å². The molecule has 1 aliphatic carbocycles. The Morgan fingerprint density at radius 2 is 2.28 bits per heavy atom. The van der Waals surface area contributed by atoms with Gasteiger partial charge in [-0.05, 0) is 18.8 Å². The lowest BCUT2D eigenvalue weighted by molar-refractivity contribution is -0.0580. The van der Waals surface area contributed by atoms with Crippen molar-refractivity contribution in [2.45, 2.75) is 31.9 Å². The predicted molar refractivity (Wildman–Crippen MR) is 65.3 cm³/mol. The van der Waals surface area contributed by atoms with Crippen molar-refractivity contribution in [3.8, 4) is 0 Å². The number of aliphatic hydroxyl groups is 2. The van der Waals surface area contributed by atoms with Crippen LogP contribution in [-0.2, 0) is 0 Å². The van der Waals surface area contributed by atoms with E-state index in [2.05, 4.69) is 4.98 Å². The molecule has 100 valence electrons. The number of nitrogens with one attached hydrogen (secondary N) is 1. The molecule has 1 heterocycles. The van der Waals surface area contributed by atoms with Gasteiger partial charge in [0.2, 0.25) is 0 Å². The Hall–Kier alpha value is -1.40. The van der Waals surface area contributed by atoms with Crippen molar-refractivity contribution < 1.29 is 10.2 Å². The number of aromatic amines is 1. The minimum atomic E-state index is -0.542. The molecule has 0 bridgehead atoms. The average Bonchev–Trinajstić information content (AvgIpc) is 2.31. The zero-order valence-electron chi connectivity index (χ0n) is 10.2. The number of H-pyrrole nitrogens is 1. The Labute approximate surface area is 104 Å². The van der Waals surface area contributed by atoms with Crippen LogP contribution in [0.5, 0.6) is 0 Å². The summed E-state index contributed by atoms with van der Waals surface area (Å²) in [5.74, 6) is -0.118. The molecule has 1 saturated carbocycles. The van der Waals surface area contributed by atoms with Crippen molar-refractivity contribution in [1.29, 1.82) is 0 Å². The van der Waals surface area contributed by atoms with E-state index in [9.17, 15) is 19.8 Å². The highest BCUT2D eigenvalue weighted by Crippen LogP contribution is 2.45. The molecule has 2 rings (SSSR count). The number of hydrogen-bond donors (Lipinski definition) is 3. The maximum absolute atomic E-state index is 11.7. The molecule has 0 saturated heterocycles. The molecule has 0 aliphatic heterocycles. The van der Waals surface area contributed by atoms with Crippen LogP contribution in [0.1, 0.15) is 25.8 Å². The lowest BCUT2D eigenvalue weighted by Crippen LogP contribution is -2.50. The maximum Gasteiger partial charge on any atom is 0.328 e. The number of hydrogen-bond acceptors (Lipinski definition) is 4. The molecule has 0 spiro atoms. The summed E-state index contributed by atoms with van der Waals surface area (Å²) in [6, 6.07) is 1.14. The zero-order valence-corrected chi connectivity index (χ0v) is 10.2. The summed E-state index contributed by atoms with van der Waals surface area (Å²) < 4.78 is 1.44. The SMILES string of the molecule is CCC(O)C1C(CO)CC1n1ccc(=O)[nH]c1=O. The summed E-state index contributed by atoms with van der Waals surface area (Å²) in [4.78, 5) is 24.9. The van der Waals surface area contributed by atoms with E-state index in [-0.39, 0.29) is 24.5 Å². The monoisotopic (exact) mass is 254 g/mol. The molecule has 0 aromatic carbocycles. The average molecular weight is 254 g/mol. The van der Waals surface area contributed by atoms with Gasteiger partial charge in [-0.15, -0.1) is 0 Å². The van der Waals surface area contributed by atoms with Crippen LogP contribution in [-0.4, -0.2) is 32.5 Å². The van der Waals surface area contributed by atoms with Crippen LogP contribution >= 0.6 is 0 Å². The molecule has 3 N–H and O–H groups in total. The van der Waals surface area contributed by atoms with Crippen molar-refractivity contribution >= 4 is 0 Å². The van der Waals surface area contributed by atoms with E-state index in [1.54, 1.807) is 0 Å². The minimum absolute atomic E-state index is 0.0102. The number of rotatable bonds is 4. The van der Waals surface area contributed by atoms with Gasteiger partial charge in [-0.3, -0.25) is 14.3 Å². The summed E-state index contributed by atoms with van der Waals surface area (Å²) in [5, 5.41) is 19.2. The summed E-state index contributed by atoms with van der Waals surface area (Å²) in [5.41, 5.74) is -0.890. The van der Waals surface area contributed by atoms with E-state index in [0.29, 0.717) is 12.8 Å². The van der Waals surface area contributed by atoms with Gasteiger partial charge in [0, 0.05) is 30.8 Å². The summed E-state index contributed by atoms with van der Waals surface area (Å²) in [6.07, 6.45) is 2.13. The molecule has 4 atom stereocenters. The second kappa shape index (κ2) is 5.07. The van der Waals surface area contributed by atoms with Gasteiger partial charge in [-0.25, -0.2) is 4.79 Å². The Morgan fingerprint density at radius 3 is 2.83 bits per heavy atom. The lowest BCUT2D eigenvalue weighted by Gasteiger charge is -2.46. The van der Waals surface area contributed by atoms with Crippen LogP contribution < -0.4 is 11.2 Å². The molecule has 18 heavy (non-hydrogen) atoms. The van der Waals surface area contributed by atoms with Crippen LogP contribution in [0, 0.1) is 11.8 Å². The summed E-state index contributed by atoms with van der Waals surface area (Å²) >= 11 is 0. The molecule has 6 heteroatoms. The van der Waals surface area contributed by atoms with Crippen LogP contribution in [0.25, 0.3) is 0 Å². The van der Waals surface area contributed by atoms with Crippen molar-refractivity contribution in [3.63, 3.8) is 0 Å². The molecule has 1 aromatic rings. The topological polar surface area (TPSA) is 95.3 Å². The molecular formula is C12H18N2O4. The number of aliphatic hydroxyl groups excluding tert-OH is 2. The van der Waals surface area contributed by atoms with Crippen LogP contribution in [0.3, 0.4) is 0 Å². The van der Waals surface area contributed by atoms with Gasteiger partial charge in [0.05, 0.1) is 6.10 Å². The van der Waals surface area contributed by atoms with Gasteiger partial charge >= 0.3 is 5.69 Å². The second-order valence-electron chi connectivity index (χ2n) is 4.82. The quantitative estimate of drug-likeness (QED) is 0.673. The van der Waals surface area contributed by atoms with Gasteiger partial charge in [0.15, 0.2) is 0 Å². The van der Waals surface area contributed by atoms with Gasteiger partial charge in [0.25, 0.3) is 5.56 Å². The first-order chi connectivity index (χ1) is 8.58. The smallest absolute Gasteiger partial charge is 0.328 e. The standard InChI is InChI=1S/C12H18N2O4/c1-2-9(16)11-7(6-15)5-8(11)14-4-3-10(17)13-12(14)18/h3-4,7-9,11,15-16H,2,5-6H2,1H3,(H,13,17,18). The van der Waals surface area contributed by atoms with Gasteiger partial charge < -0.3 is 10.2 Å². The molecule has 1 aromatic heterocycles. The highest BCUT2D eigenvalue weighted by molar-refractivity contribution is 4.99. The maximum atomic E-state index is 11.7. The summed E-state index contributed by atoms with van der Waals surface area (Å²) in [6.45, 7) is 1.88. The van der Waals surface area contributed by atoms with E-state index in [4.69, 9.17) is 0 Å². The zero-order chi connectivity index (χ0) is 13.3. The van der Waals surface area contributed by atoms with E-state index >= 15 is 0 Å². The molecule has 1 aliphatic rings. The molecule has 6 nitrogen and oxygen atoms in total. The Bertz CT molecular complexity index is 515. The fraction of sp³-hybridized carbons (Fsp3) is 0.667. The third-order valence-corrected chi connectivity index (χ3v) is 3.84.